The molecule has 2 heterocycles. The van der Waals surface area contributed by atoms with Gasteiger partial charge in [-0.05, 0) is 55.0 Å². The van der Waals surface area contributed by atoms with Gasteiger partial charge in [-0.2, -0.15) is 0 Å². The van der Waals surface area contributed by atoms with Crippen LogP contribution in [0.5, 0.6) is 5.75 Å². The minimum Gasteiger partial charge on any atom is -0.490 e. The second-order valence-electron chi connectivity index (χ2n) is 9.93. The standard InChI is InChI=1S/C28H33N3O5/c1-3-26(32)29-19-8-11-24-22(14-19)28(34)31(2)23-10-9-21(36-25(23)16-35-24)15-27(33)30-20-12-17-6-4-5-7-18(17)13-20/h4-8,11,14,20-21,23,25H,3,9-10,12-13,15-16H2,1-2H3,(H,29,32)(H,30,33)/t21-,23+,25+/m0/s1. The van der Waals surface area contributed by atoms with Crippen LogP contribution < -0.4 is 15.4 Å². The van der Waals surface area contributed by atoms with E-state index >= 15 is 0 Å². The van der Waals surface area contributed by atoms with E-state index < -0.39 is 0 Å². The van der Waals surface area contributed by atoms with Crippen molar-refractivity contribution in [2.45, 2.75) is 69.7 Å². The first-order valence-corrected chi connectivity index (χ1v) is 12.8. The number of benzene rings is 2. The molecular weight excluding hydrogens is 458 g/mol. The van der Waals surface area contributed by atoms with Gasteiger partial charge in [0.15, 0.2) is 0 Å². The lowest BCUT2D eigenvalue weighted by Gasteiger charge is -2.42. The van der Waals surface area contributed by atoms with E-state index in [1.54, 1.807) is 37.1 Å². The Balaban J connectivity index is 1.20. The minimum absolute atomic E-state index is 0.000508. The van der Waals surface area contributed by atoms with E-state index in [-0.39, 0.29) is 48.6 Å². The number of hydrogen-bond donors (Lipinski definition) is 2. The number of hydrogen-bond acceptors (Lipinski definition) is 5. The summed E-state index contributed by atoms with van der Waals surface area (Å²) in [6.45, 7) is 2.06. The number of carbonyl (C=O) groups excluding carboxylic acids is 3. The summed E-state index contributed by atoms with van der Waals surface area (Å²) in [5.74, 6) is 0.173. The lowest BCUT2D eigenvalue weighted by atomic mass is 9.94. The zero-order chi connectivity index (χ0) is 25.2. The fourth-order valence-electron chi connectivity index (χ4n) is 5.51. The molecule has 0 spiro atoms. The van der Waals surface area contributed by atoms with Crippen molar-refractivity contribution in [1.82, 2.24) is 10.2 Å². The van der Waals surface area contributed by atoms with Gasteiger partial charge < -0.3 is 25.0 Å². The monoisotopic (exact) mass is 491 g/mol. The number of nitrogens with one attached hydrogen (secondary N) is 2. The van der Waals surface area contributed by atoms with Crippen molar-refractivity contribution in [1.29, 1.82) is 0 Å². The number of ether oxygens (including phenoxy) is 2. The highest BCUT2D eigenvalue weighted by molar-refractivity contribution is 5.99. The highest BCUT2D eigenvalue weighted by atomic mass is 16.5. The summed E-state index contributed by atoms with van der Waals surface area (Å²) in [4.78, 5) is 39.6. The molecule has 1 saturated heterocycles. The lowest BCUT2D eigenvalue weighted by Crippen LogP contribution is -2.54. The largest absolute Gasteiger partial charge is 0.490 e. The van der Waals surface area contributed by atoms with Crippen LogP contribution in [0.2, 0.25) is 0 Å². The summed E-state index contributed by atoms with van der Waals surface area (Å²) in [5, 5.41) is 5.97. The first-order valence-electron chi connectivity index (χ1n) is 12.8. The third-order valence-corrected chi connectivity index (χ3v) is 7.45. The van der Waals surface area contributed by atoms with E-state index in [0.29, 0.717) is 36.3 Å². The van der Waals surface area contributed by atoms with Gasteiger partial charge >= 0.3 is 0 Å². The molecular formula is C28H33N3O5. The summed E-state index contributed by atoms with van der Waals surface area (Å²) in [6.07, 6.45) is 3.26. The molecule has 1 fully saturated rings. The predicted molar refractivity (Wildman–Crippen MR) is 135 cm³/mol. The third kappa shape index (κ3) is 5.09. The predicted octanol–water partition coefficient (Wildman–Crippen LogP) is 3.09. The summed E-state index contributed by atoms with van der Waals surface area (Å²) in [7, 11) is 1.78. The molecule has 3 amide bonds. The van der Waals surface area contributed by atoms with Gasteiger partial charge in [-0.25, -0.2) is 0 Å². The maximum Gasteiger partial charge on any atom is 0.257 e. The quantitative estimate of drug-likeness (QED) is 0.670. The molecule has 5 rings (SSSR count). The molecule has 2 aromatic rings. The molecule has 1 aliphatic carbocycles. The zero-order valence-electron chi connectivity index (χ0n) is 20.8. The van der Waals surface area contributed by atoms with Crippen LogP contribution in [0.1, 0.15) is 54.1 Å². The van der Waals surface area contributed by atoms with Gasteiger partial charge in [0.05, 0.1) is 24.1 Å². The normalized spacial score (nSPS) is 23.4. The van der Waals surface area contributed by atoms with Crippen molar-refractivity contribution >= 4 is 23.4 Å². The average Bonchev–Trinajstić information content (AvgIpc) is 3.28. The molecule has 2 N–H and O–H groups in total. The van der Waals surface area contributed by atoms with Crippen molar-refractivity contribution in [3.63, 3.8) is 0 Å². The molecule has 0 unspecified atom stereocenters. The van der Waals surface area contributed by atoms with Crippen molar-refractivity contribution in [3.8, 4) is 5.75 Å². The Labute approximate surface area is 211 Å². The van der Waals surface area contributed by atoms with Crippen LogP contribution >= 0.6 is 0 Å². The second-order valence-corrected chi connectivity index (χ2v) is 9.93. The molecule has 0 bridgehead atoms. The van der Waals surface area contributed by atoms with Gasteiger partial charge in [0, 0.05) is 25.2 Å². The first-order chi connectivity index (χ1) is 17.4. The van der Waals surface area contributed by atoms with Gasteiger partial charge in [-0.1, -0.05) is 31.2 Å². The zero-order valence-corrected chi connectivity index (χ0v) is 20.8. The van der Waals surface area contributed by atoms with Gasteiger partial charge in [0.2, 0.25) is 11.8 Å². The van der Waals surface area contributed by atoms with E-state index in [1.165, 1.54) is 11.1 Å². The van der Waals surface area contributed by atoms with E-state index in [1.807, 2.05) is 12.1 Å². The number of rotatable bonds is 5. The molecule has 36 heavy (non-hydrogen) atoms. The van der Waals surface area contributed by atoms with Crippen molar-refractivity contribution in [2.24, 2.45) is 0 Å². The van der Waals surface area contributed by atoms with Gasteiger partial charge in [-0.15, -0.1) is 0 Å². The van der Waals surface area contributed by atoms with Crippen LogP contribution in [0.25, 0.3) is 0 Å². The Morgan fingerprint density at radius 2 is 1.81 bits per heavy atom. The molecule has 0 radical (unpaired) electrons. The van der Waals surface area contributed by atoms with E-state index in [9.17, 15) is 14.4 Å². The highest BCUT2D eigenvalue weighted by Crippen LogP contribution is 2.32. The molecule has 2 aromatic carbocycles. The Hall–Kier alpha value is -3.39. The molecule has 8 nitrogen and oxygen atoms in total. The van der Waals surface area contributed by atoms with Crippen LogP contribution in [-0.4, -0.2) is 60.6 Å². The maximum atomic E-state index is 13.3. The Morgan fingerprint density at radius 1 is 1.06 bits per heavy atom. The SMILES string of the molecule is CCC(=O)Nc1ccc2c(c1)C(=O)N(C)[C@@H]1CC[C@@H](CC(=O)NC3Cc4ccccc4C3)O[C@@H]1CO2. The number of nitrogens with zero attached hydrogens (tertiary/aromatic N) is 1. The van der Waals surface area contributed by atoms with E-state index in [4.69, 9.17) is 9.47 Å². The number of anilines is 1. The fraction of sp³-hybridized carbons (Fsp3) is 0.464. The summed E-state index contributed by atoms with van der Waals surface area (Å²) in [5.41, 5.74) is 3.60. The second kappa shape index (κ2) is 10.3. The smallest absolute Gasteiger partial charge is 0.257 e. The number of carbonyl (C=O) groups is 3. The molecule has 190 valence electrons. The summed E-state index contributed by atoms with van der Waals surface area (Å²) < 4.78 is 12.3. The molecule has 2 aliphatic heterocycles. The van der Waals surface area contributed by atoms with E-state index in [0.717, 1.165) is 19.3 Å². The molecule has 0 saturated carbocycles. The van der Waals surface area contributed by atoms with Gasteiger partial charge in [0.1, 0.15) is 18.5 Å². The van der Waals surface area contributed by atoms with Crippen LogP contribution in [0.15, 0.2) is 42.5 Å². The minimum atomic E-state index is -0.325. The summed E-state index contributed by atoms with van der Waals surface area (Å²) >= 11 is 0. The number of likely N-dealkylation sites (N-methyl/N-ethyl adjacent to an activating group) is 1. The Bertz CT molecular complexity index is 1140. The fourth-order valence-corrected chi connectivity index (χ4v) is 5.51. The van der Waals surface area contributed by atoms with Crippen molar-refractivity contribution in [2.75, 3.05) is 19.0 Å². The van der Waals surface area contributed by atoms with Gasteiger partial charge in [-0.3, -0.25) is 14.4 Å². The molecule has 3 atom stereocenters. The third-order valence-electron chi connectivity index (χ3n) is 7.45. The highest BCUT2D eigenvalue weighted by Gasteiger charge is 2.39. The number of fused-ring (bicyclic) bond motifs is 3. The van der Waals surface area contributed by atoms with Crippen LogP contribution in [-0.2, 0) is 27.2 Å². The summed E-state index contributed by atoms with van der Waals surface area (Å²) in [6, 6.07) is 13.4. The Kier molecular flexibility index (Phi) is 6.96. The topological polar surface area (TPSA) is 97.0 Å². The number of amides is 3. The van der Waals surface area contributed by atoms with E-state index in [2.05, 4.69) is 22.8 Å². The lowest BCUT2D eigenvalue weighted by molar-refractivity contribution is -0.134. The first kappa shape index (κ1) is 24.3. The van der Waals surface area contributed by atoms with Crippen molar-refractivity contribution in [3.05, 3.63) is 59.2 Å². The van der Waals surface area contributed by atoms with Crippen LogP contribution in [0.3, 0.4) is 0 Å². The van der Waals surface area contributed by atoms with Crippen LogP contribution in [0.4, 0.5) is 5.69 Å². The Morgan fingerprint density at radius 3 is 2.53 bits per heavy atom. The molecule has 3 aliphatic rings. The van der Waals surface area contributed by atoms with Crippen molar-refractivity contribution < 1.29 is 23.9 Å². The average molecular weight is 492 g/mol. The van der Waals surface area contributed by atoms with Gasteiger partial charge in [0.25, 0.3) is 5.91 Å². The van der Waals surface area contributed by atoms with Crippen LogP contribution in [0, 0.1) is 0 Å². The maximum absolute atomic E-state index is 13.3. The molecule has 8 heteroatoms. The molecule has 0 aromatic heterocycles.